The molecule has 1 heterocycles. The van der Waals surface area contributed by atoms with Crippen molar-refractivity contribution in [3.63, 3.8) is 0 Å². The quantitative estimate of drug-likeness (QED) is 0.766. The molecule has 0 saturated heterocycles. The van der Waals surface area contributed by atoms with Crippen molar-refractivity contribution in [1.82, 2.24) is 4.98 Å². The molecule has 0 aliphatic heterocycles. The van der Waals surface area contributed by atoms with E-state index < -0.39 is 0 Å². The largest absolute Gasteiger partial charge is 0.486 e. The molecule has 0 radical (unpaired) electrons. The normalized spacial score (nSPS) is 10.6. The first kappa shape index (κ1) is 14.7. The second-order valence-corrected chi connectivity index (χ2v) is 5.51. The summed E-state index contributed by atoms with van der Waals surface area (Å²) in [5.74, 6) is 0.844. The maximum atomic E-state index is 11.6. The van der Waals surface area contributed by atoms with E-state index in [1.54, 1.807) is 14.0 Å². The van der Waals surface area contributed by atoms with E-state index in [0.29, 0.717) is 23.8 Å². The van der Waals surface area contributed by atoms with E-state index in [1.165, 1.54) is 11.3 Å². The number of aromatic nitrogens is 1. The van der Waals surface area contributed by atoms with Crippen LogP contribution in [0.4, 0.5) is 0 Å². The molecule has 0 aliphatic carbocycles. The summed E-state index contributed by atoms with van der Waals surface area (Å²) < 4.78 is 10.8. The van der Waals surface area contributed by atoms with Crippen LogP contribution in [0, 0.1) is 6.92 Å². The number of para-hydroxylation sites is 1. The number of aryl methyl sites for hydroxylation is 1. The molecule has 0 bridgehead atoms. The molecule has 5 heteroatoms. The topological polar surface area (TPSA) is 48.4 Å². The molecule has 0 N–H and O–H groups in total. The van der Waals surface area contributed by atoms with Crippen molar-refractivity contribution in [2.24, 2.45) is 0 Å². The minimum atomic E-state index is 0.0108. The van der Waals surface area contributed by atoms with Crippen molar-refractivity contribution in [3.8, 4) is 5.75 Å². The van der Waals surface area contributed by atoms with Crippen molar-refractivity contribution < 1.29 is 14.3 Å². The number of methoxy groups -OCH3 is 1. The van der Waals surface area contributed by atoms with Crippen LogP contribution >= 0.6 is 11.3 Å². The molecule has 0 fully saturated rings. The minimum absolute atomic E-state index is 0.0108. The summed E-state index contributed by atoms with van der Waals surface area (Å²) in [7, 11) is 1.59. The van der Waals surface area contributed by atoms with Crippen molar-refractivity contribution in [2.45, 2.75) is 27.1 Å². The van der Waals surface area contributed by atoms with Gasteiger partial charge in [0.2, 0.25) is 0 Å². The molecule has 0 saturated carbocycles. The zero-order chi connectivity index (χ0) is 14.5. The average Bonchev–Trinajstić information content (AvgIpc) is 2.82. The lowest BCUT2D eigenvalue weighted by Crippen LogP contribution is -1.98. The molecular formula is C15H17NO3S. The fourth-order valence-corrected chi connectivity index (χ4v) is 2.71. The maximum absolute atomic E-state index is 11.6. The second-order valence-electron chi connectivity index (χ2n) is 4.43. The second kappa shape index (κ2) is 6.63. The van der Waals surface area contributed by atoms with Gasteiger partial charge >= 0.3 is 0 Å². The van der Waals surface area contributed by atoms with Gasteiger partial charge < -0.3 is 9.47 Å². The summed E-state index contributed by atoms with van der Waals surface area (Å²) in [6.07, 6.45) is 0. The first-order valence-corrected chi connectivity index (χ1v) is 7.10. The fraction of sp³-hybridized carbons (Fsp3) is 0.333. The third-order valence-corrected chi connectivity index (χ3v) is 3.96. The number of rotatable bonds is 6. The predicted molar refractivity (Wildman–Crippen MR) is 78.3 cm³/mol. The van der Waals surface area contributed by atoms with Crippen molar-refractivity contribution in [3.05, 3.63) is 45.4 Å². The Morgan fingerprint density at radius 3 is 2.70 bits per heavy atom. The molecule has 1 aromatic carbocycles. The smallest absolute Gasteiger partial charge is 0.171 e. The molecule has 2 aromatic rings. The predicted octanol–water partition coefficient (Wildman–Crippen LogP) is 3.38. The van der Waals surface area contributed by atoms with Crippen LogP contribution in [0.25, 0.3) is 0 Å². The first-order chi connectivity index (χ1) is 9.61. The molecule has 4 nitrogen and oxygen atoms in total. The van der Waals surface area contributed by atoms with Crippen LogP contribution in [-0.4, -0.2) is 17.9 Å². The summed E-state index contributed by atoms with van der Waals surface area (Å²) in [4.78, 5) is 16.6. The van der Waals surface area contributed by atoms with E-state index in [1.807, 2.05) is 31.2 Å². The lowest BCUT2D eigenvalue weighted by molar-refractivity contribution is 0.101. The highest BCUT2D eigenvalue weighted by Gasteiger charge is 2.15. The maximum Gasteiger partial charge on any atom is 0.171 e. The van der Waals surface area contributed by atoms with Crippen molar-refractivity contribution in [2.75, 3.05) is 7.11 Å². The molecule has 106 valence electrons. The number of benzene rings is 1. The van der Waals surface area contributed by atoms with E-state index in [9.17, 15) is 4.79 Å². The number of hydrogen-bond donors (Lipinski definition) is 0. The number of ketones is 1. The van der Waals surface area contributed by atoms with Gasteiger partial charge in [0.1, 0.15) is 17.4 Å². The Morgan fingerprint density at radius 1 is 1.30 bits per heavy atom. The number of Topliss-reactive ketones (excluding diaryl/α,β-unsaturated/α-hetero) is 1. The van der Waals surface area contributed by atoms with E-state index >= 15 is 0 Å². The molecule has 1 aromatic heterocycles. The minimum Gasteiger partial charge on any atom is -0.486 e. The van der Waals surface area contributed by atoms with Gasteiger partial charge in [-0.3, -0.25) is 4.79 Å². The Bertz CT molecular complexity index is 607. The summed E-state index contributed by atoms with van der Waals surface area (Å²) in [6, 6.07) is 7.82. The third kappa shape index (κ3) is 3.43. The summed E-state index contributed by atoms with van der Waals surface area (Å²) >= 11 is 1.37. The SMILES string of the molecule is COCc1nc(COc2ccccc2C)sc1C(C)=O. The third-order valence-electron chi connectivity index (χ3n) is 2.79. The van der Waals surface area contributed by atoms with Gasteiger partial charge in [-0.15, -0.1) is 11.3 Å². The number of carbonyl (C=O) groups excluding carboxylic acids is 1. The van der Waals surface area contributed by atoms with E-state index in [2.05, 4.69) is 4.98 Å². The van der Waals surface area contributed by atoms with Gasteiger partial charge in [-0.1, -0.05) is 18.2 Å². The van der Waals surface area contributed by atoms with Gasteiger partial charge in [-0.2, -0.15) is 0 Å². The number of carbonyl (C=O) groups is 1. The Morgan fingerprint density at radius 2 is 2.05 bits per heavy atom. The molecular weight excluding hydrogens is 274 g/mol. The van der Waals surface area contributed by atoms with Crippen LogP contribution in [0.15, 0.2) is 24.3 Å². The highest BCUT2D eigenvalue weighted by Crippen LogP contribution is 2.23. The highest BCUT2D eigenvalue weighted by molar-refractivity contribution is 7.13. The average molecular weight is 291 g/mol. The first-order valence-electron chi connectivity index (χ1n) is 6.28. The van der Waals surface area contributed by atoms with Crippen LogP contribution in [0.1, 0.15) is 32.9 Å². The van der Waals surface area contributed by atoms with Gasteiger partial charge in [0.25, 0.3) is 0 Å². The molecule has 0 atom stereocenters. The molecule has 0 amide bonds. The van der Waals surface area contributed by atoms with Crippen LogP contribution < -0.4 is 4.74 Å². The lowest BCUT2D eigenvalue weighted by Gasteiger charge is -2.06. The summed E-state index contributed by atoms with van der Waals surface area (Å²) in [5, 5.41) is 0.783. The standard InChI is InChI=1S/C15H17NO3S/c1-10-6-4-5-7-13(10)19-9-14-16-12(8-18-3)15(20-14)11(2)17/h4-7H,8-9H2,1-3H3. The van der Waals surface area contributed by atoms with Gasteiger partial charge in [0.05, 0.1) is 17.2 Å². The van der Waals surface area contributed by atoms with Crippen LogP contribution in [0.2, 0.25) is 0 Å². The van der Waals surface area contributed by atoms with E-state index in [-0.39, 0.29) is 5.78 Å². The monoisotopic (exact) mass is 291 g/mol. The van der Waals surface area contributed by atoms with Gasteiger partial charge in [-0.05, 0) is 18.6 Å². The molecule has 0 spiro atoms. The van der Waals surface area contributed by atoms with Crippen LogP contribution in [-0.2, 0) is 18.0 Å². The van der Waals surface area contributed by atoms with Crippen LogP contribution in [0.5, 0.6) is 5.75 Å². The van der Waals surface area contributed by atoms with E-state index in [0.717, 1.165) is 16.3 Å². The number of thiazole rings is 1. The Balaban J connectivity index is 2.12. The lowest BCUT2D eigenvalue weighted by atomic mass is 10.2. The number of nitrogens with zero attached hydrogens (tertiary/aromatic N) is 1. The van der Waals surface area contributed by atoms with E-state index in [4.69, 9.17) is 9.47 Å². The number of hydrogen-bond acceptors (Lipinski definition) is 5. The molecule has 20 heavy (non-hydrogen) atoms. The zero-order valence-electron chi connectivity index (χ0n) is 11.8. The Labute approximate surface area is 122 Å². The Hall–Kier alpha value is -1.72. The molecule has 0 aliphatic rings. The van der Waals surface area contributed by atoms with Crippen molar-refractivity contribution in [1.29, 1.82) is 0 Å². The number of ether oxygens (including phenoxy) is 2. The summed E-state index contributed by atoms with van der Waals surface area (Å²) in [6.45, 7) is 4.24. The molecule has 2 rings (SSSR count). The van der Waals surface area contributed by atoms with Gasteiger partial charge in [-0.25, -0.2) is 4.98 Å². The van der Waals surface area contributed by atoms with Crippen LogP contribution in [0.3, 0.4) is 0 Å². The molecule has 0 unspecified atom stereocenters. The fourth-order valence-electron chi connectivity index (χ4n) is 1.83. The summed E-state index contributed by atoms with van der Waals surface area (Å²) in [5.41, 5.74) is 1.77. The zero-order valence-corrected chi connectivity index (χ0v) is 12.6. The van der Waals surface area contributed by atoms with Gasteiger partial charge in [0.15, 0.2) is 5.78 Å². The Kier molecular flexibility index (Phi) is 4.87. The van der Waals surface area contributed by atoms with Crippen molar-refractivity contribution >= 4 is 17.1 Å². The van der Waals surface area contributed by atoms with Gasteiger partial charge in [0, 0.05) is 14.0 Å². The highest BCUT2D eigenvalue weighted by atomic mass is 32.1.